The first-order valence-electron chi connectivity index (χ1n) is 17.9. The van der Waals surface area contributed by atoms with E-state index in [1.165, 1.54) is 72.8 Å². The molecule has 4 aliphatic rings. The van der Waals surface area contributed by atoms with Crippen molar-refractivity contribution in [3.63, 3.8) is 0 Å². The van der Waals surface area contributed by atoms with E-state index in [1.54, 1.807) is 0 Å². The van der Waals surface area contributed by atoms with Crippen LogP contribution in [0, 0.1) is 0 Å². The molecule has 0 unspecified atom stereocenters. The van der Waals surface area contributed by atoms with Crippen LogP contribution in [0.1, 0.15) is 55.6 Å². The Morgan fingerprint density at radius 2 is 0.645 bits per heavy atom. The smallest absolute Gasteiger partial charge is 0.218 e. The van der Waals surface area contributed by atoms with Crippen molar-refractivity contribution in [2.45, 2.75) is 34.5 Å². The summed E-state index contributed by atoms with van der Waals surface area (Å²) in [5, 5.41) is -0.187. The van der Waals surface area contributed by atoms with Crippen molar-refractivity contribution in [2.24, 2.45) is 0 Å². The molecule has 4 nitrogen and oxygen atoms in total. The van der Waals surface area contributed by atoms with E-state index in [4.69, 9.17) is 0 Å². The average molecular weight is 903 g/mol. The van der Waals surface area contributed by atoms with Crippen LogP contribution in [0.25, 0.3) is 42.9 Å². The molecule has 0 saturated heterocycles. The molecule has 0 saturated carbocycles. The van der Waals surface area contributed by atoms with Crippen LogP contribution in [0.2, 0.25) is 0 Å². The number of fused-ring (bicyclic) bond motifs is 9. The van der Waals surface area contributed by atoms with Gasteiger partial charge in [-0.05, 0) is 116 Å². The molecule has 2 heterocycles. The second-order valence-corrected chi connectivity index (χ2v) is 18.6. The molecule has 6 aromatic carbocycles. The fourth-order valence-corrected chi connectivity index (χ4v) is 12.6. The topological polar surface area (TPSA) is 68.3 Å². The molecule has 0 fully saturated rings. The van der Waals surface area contributed by atoms with E-state index in [-0.39, 0.29) is 87.7 Å². The monoisotopic (exact) mass is 902 g/mol. The maximum atomic E-state index is 14.3. The highest BCUT2D eigenvalue weighted by Crippen LogP contribution is 2.55. The first-order valence-corrected chi connectivity index (χ1v) is 20.9. The lowest BCUT2D eigenvalue weighted by Crippen LogP contribution is -2.17. The summed E-state index contributed by atoms with van der Waals surface area (Å²) in [4.78, 5) is -1.53. The molecule has 0 aromatic heterocycles. The number of sulfone groups is 2. The van der Waals surface area contributed by atoms with Gasteiger partial charge in [0.2, 0.25) is 19.7 Å². The highest BCUT2D eigenvalue weighted by atomic mass is 32.2. The van der Waals surface area contributed by atoms with Crippen molar-refractivity contribution in [1.82, 2.24) is 0 Å². The lowest BCUT2D eigenvalue weighted by molar-refractivity contribution is -0.144. The fraction of sp³-hybridized carbons (Fsp3) is 0.0909. The summed E-state index contributed by atoms with van der Waals surface area (Å²) in [5.41, 5.74) is -9.51. The van der Waals surface area contributed by atoms with Gasteiger partial charge >= 0.3 is 24.7 Å². The third-order valence-corrected chi connectivity index (χ3v) is 15.1. The number of rotatable bonds is 2. The molecule has 0 radical (unpaired) electrons. The Kier molecular flexibility index (Phi) is 7.91. The van der Waals surface area contributed by atoms with Crippen molar-refractivity contribution in [3.05, 3.63) is 175 Å². The Bertz CT molecular complexity index is 3240. The van der Waals surface area contributed by atoms with Gasteiger partial charge < -0.3 is 0 Å². The molecule has 0 atom stereocenters. The zero-order valence-electron chi connectivity index (χ0n) is 30.4. The Labute approximate surface area is 340 Å². The van der Waals surface area contributed by atoms with Crippen molar-refractivity contribution < 1.29 is 69.5 Å². The standard InChI is InChI=1S/C44H18F12O4S2/c45-41(46,47)23-9-21(10-24(17-23)42(48,49)50)35-29-13-19-16-32-30(14-20(19)15-31(29)39-37(35)27-5-1-3-7-33(27)61(39,57)58)36(38-28-6-2-4-8-34(28)62(59,60)40(32)38)22-11-25(43(51,52)53)18-26(12-22)44(54,55)56/h1-18H. The molecule has 0 N–H and O–H groups in total. The maximum Gasteiger partial charge on any atom is 0.416 e. The van der Waals surface area contributed by atoms with Crippen LogP contribution in [-0.2, 0) is 44.4 Å². The summed E-state index contributed by atoms with van der Waals surface area (Å²) >= 11 is 0. The second kappa shape index (κ2) is 12.3. The van der Waals surface area contributed by atoms with E-state index < -0.39 is 87.6 Å². The SMILES string of the molecule is O=S1(=O)C2=C(C(c3cc(C(F)(F)F)cc(C(F)(F)F)c3)=c3cc4cc5c(cc4cc32)=C(c2cc(C(F)(F)F)cc(C(F)(F)F)c2)C2=C5S(=O)(=O)c3ccccc32)c2ccccc21. The van der Waals surface area contributed by atoms with E-state index in [0.29, 0.717) is 24.3 Å². The van der Waals surface area contributed by atoms with E-state index in [1.807, 2.05) is 0 Å². The van der Waals surface area contributed by atoms with Gasteiger partial charge in [-0.2, -0.15) is 52.7 Å². The van der Waals surface area contributed by atoms with Gasteiger partial charge in [0.05, 0.1) is 41.9 Å². The molecular formula is C44H18F12O4S2. The summed E-state index contributed by atoms with van der Waals surface area (Å²) in [6, 6.07) is 17.3. The van der Waals surface area contributed by atoms with E-state index in [2.05, 4.69) is 0 Å². The third kappa shape index (κ3) is 5.60. The average Bonchev–Trinajstić information content (AvgIpc) is 3.84. The molecule has 10 rings (SSSR count). The molecule has 62 heavy (non-hydrogen) atoms. The zero-order valence-corrected chi connectivity index (χ0v) is 32.0. The molecule has 0 spiro atoms. The first-order chi connectivity index (χ1) is 28.8. The van der Waals surface area contributed by atoms with Crippen molar-refractivity contribution in [2.75, 3.05) is 0 Å². The maximum absolute atomic E-state index is 14.3. The van der Waals surface area contributed by atoms with Gasteiger partial charge in [0.15, 0.2) is 0 Å². The van der Waals surface area contributed by atoms with Gasteiger partial charge in [-0.3, -0.25) is 0 Å². The molecule has 18 heteroatoms. The first kappa shape index (κ1) is 40.0. The van der Waals surface area contributed by atoms with Crippen molar-refractivity contribution >= 4 is 62.5 Å². The predicted octanol–water partition coefficient (Wildman–Crippen LogP) is 10.7. The fourth-order valence-electron chi connectivity index (χ4n) is 8.81. The Hall–Kier alpha value is -6.14. The molecule has 2 aliphatic heterocycles. The number of hydrogen-bond donors (Lipinski definition) is 0. The lowest BCUT2D eigenvalue weighted by atomic mass is 9.90. The highest BCUT2D eigenvalue weighted by molar-refractivity contribution is 8.01. The van der Waals surface area contributed by atoms with E-state index in [9.17, 15) is 69.5 Å². The van der Waals surface area contributed by atoms with Gasteiger partial charge in [-0.15, -0.1) is 0 Å². The molecule has 0 amide bonds. The molecule has 0 bridgehead atoms. The Balaban J connectivity index is 1.35. The minimum Gasteiger partial charge on any atom is -0.218 e. The van der Waals surface area contributed by atoms with Crippen LogP contribution in [0.3, 0.4) is 0 Å². The quantitative estimate of drug-likeness (QED) is 0.162. The molecular weight excluding hydrogens is 885 g/mol. The number of allylic oxidation sites excluding steroid dienone is 2. The van der Waals surface area contributed by atoms with Gasteiger partial charge in [0, 0.05) is 33.4 Å². The van der Waals surface area contributed by atoms with Gasteiger partial charge in [-0.1, -0.05) is 36.4 Å². The van der Waals surface area contributed by atoms with Crippen LogP contribution in [-0.4, -0.2) is 16.8 Å². The normalized spacial score (nSPS) is 17.4. The van der Waals surface area contributed by atoms with Crippen molar-refractivity contribution in [1.29, 1.82) is 0 Å². The van der Waals surface area contributed by atoms with Crippen LogP contribution in [0.4, 0.5) is 52.7 Å². The minimum absolute atomic E-state index is 0.0310. The minimum atomic E-state index is -5.29. The number of hydrogen-bond acceptors (Lipinski definition) is 4. The Morgan fingerprint density at radius 3 is 0.952 bits per heavy atom. The summed E-state index contributed by atoms with van der Waals surface area (Å²) < 4.78 is 228. The highest BCUT2D eigenvalue weighted by Gasteiger charge is 2.46. The largest absolute Gasteiger partial charge is 0.416 e. The van der Waals surface area contributed by atoms with Gasteiger partial charge in [-0.25, -0.2) is 16.8 Å². The summed E-state index contributed by atoms with van der Waals surface area (Å²) in [5.74, 6) is 0. The molecule has 314 valence electrons. The second-order valence-electron chi connectivity index (χ2n) is 14.9. The van der Waals surface area contributed by atoms with E-state index >= 15 is 0 Å². The molecule has 6 aromatic rings. The van der Waals surface area contributed by atoms with Crippen molar-refractivity contribution in [3.8, 4) is 0 Å². The summed E-state index contributed by atoms with van der Waals surface area (Å²) in [7, 11) is -9.08. The summed E-state index contributed by atoms with van der Waals surface area (Å²) in [6.45, 7) is 0. The van der Waals surface area contributed by atoms with Crippen LogP contribution < -0.4 is 10.4 Å². The number of halogens is 12. The molecule has 2 aliphatic carbocycles. The predicted molar refractivity (Wildman–Crippen MR) is 202 cm³/mol. The van der Waals surface area contributed by atoms with Crippen LogP contribution in [0.5, 0.6) is 0 Å². The van der Waals surface area contributed by atoms with Crippen LogP contribution >= 0.6 is 0 Å². The summed E-state index contributed by atoms with van der Waals surface area (Å²) in [6.07, 6.45) is -21.2. The number of benzene rings is 6. The number of alkyl halides is 12. The van der Waals surface area contributed by atoms with E-state index in [0.717, 1.165) is 0 Å². The van der Waals surface area contributed by atoms with Gasteiger partial charge in [0.25, 0.3) is 0 Å². The lowest BCUT2D eigenvalue weighted by Gasteiger charge is -2.17. The third-order valence-electron chi connectivity index (χ3n) is 11.3. The Morgan fingerprint density at radius 1 is 0.339 bits per heavy atom. The zero-order chi connectivity index (χ0) is 44.4. The van der Waals surface area contributed by atoms with Crippen LogP contribution in [0.15, 0.2) is 119 Å². The van der Waals surface area contributed by atoms with Gasteiger partial charge in [0.1, 0.15) is 0 Å².